The number of hydrogen-bond donors (Lipinski definition) is 0. The van der Waals surface area contributed by atoms with Gasteiger partial charge in [-0.05, 0) is 42.7 Å². The van der Waals surface area contributed by atoms with Crippen LogP contribution in [0, 0.1) is 25.2 Å². The molecule has 0 bridgehead atoms. The van der Waals surface area contributed by atoms with E-state index in [9.17, 15) is 0 Å². The molecule has 23 heavy (non-hydrogen) atoms. The number of hydrogen-bond acceptors (Lipinski definition) is 0. The van der Waals surface area contributed by atoms with Crippen LogP contribution in [-0.2, 0) is 17.0 Å². The summed E-state index contributed by atoms with van der Waals surface area (Å²) in [4.78, 5) is 0. The summed E-state index contributed by atoms with van der Waals surface area (Å²) < 4.78 is 1.11. The molecule has 3 rings (SSSR count). The van der Waals surface area contributed by atoms with E-state index in [1.54, 1.807) is 0 Å². The van der Waals surface area contributed by atoms with Gasteiger partial charge in [0, 0.05) is 4.47 Å². The van der Waals surface area contributed by atoms with Crippen LogP contribution >= 0.6 is 34.5 Å². The van der Waals surface area contributed by atoms with Gasteiger partial charge < -0.3 is 12.7 Å². The fourth-order valence-corrected chi connectivity index (χ4v) is 3.58. The maximum atomic E-state index is 4.89. The number of fused-ring (bicyclic) bond motifs is 1. The second-order valence-electron chi connectivity index (χ2n) is 5.84. The Balaban J connectivity index is 0.000000615. The van der Waals surface area contributed by atoms with Gasteiger partial charge >= 0.3 is 35.6 Å². The van der Waals surface area contributed by atoms with Gasteiger partial charge in [0.25, 0.3) is 0 Å². The molecule has 1 aromatic carbocycles. The van der Waals surface area contributed by atoms with E-state index in [2.05, 4.69) is 65.3 Å². The van der Waals surface area contributed by atoms with Crippen LogP contribution in [0.25, 0.3) is 5.32 Å². The summed E-state index contributed by atoms with van der Waals surface area (Å²) in [6.07, 6.45) is 9.57. The van der Waals surface area contributed by atoms with E-state index in [-0.39, 0.29) is 7.43 Å². The Morgan fingerprint density at radius 2 is 1.87 bits per heavy atom. The third-order valence-corrected chi connectivity index (χ3v) is 4.79. The minimum atomic E-state index is -0.556. The number of halogens is 3. The van der Waals surface area contributed by atoms with Gasteiger partial charge in [-0.3, -0.25) is 0 Å². The van der Waals surface area contributed by atoms with Crippen LogP contribution in [0.5, 0.6) is 0 Å². The van der Waals surface area contributed by atoms with E-state index in [4.69, 9.17) is 23.9 Å². The minimum absolute atomic E-state index is 0. The van der Waals surface area contributed by atoms with E-state index in [0.717, 1.165) is 34.5 Å². The molecule has 0 heterocycles. The van der Waals surface area contributed by atoms with Crippen molar-refractivity contribution in [2.75, 3.05) is 6.54 Å². The Kier molecular flexibility index (Phi) is 10.2. The summed E-state index contributed by atoms with van der Waals surface area (Å²) >= 11 is 2.90. The van der Waals surface area contributed by atoms with E-state index in [1.165, 1.54) is 18.4 Å². The van der Waals surface area contributed by atoms with Crippen LogP contribution in [0.2, 0.25) is 0 Å². The van der Waals surface area contributed by atoms with Crippen LogP contribution in [0.3, 0.4) is 0 Å². The van der Waals surface area contributed by atoms with Crippen molar-refractivity contribution in [1.29, 1.82) is 0 Å². The molecule has 0 spiro atoms. The zero-order valence-corrected chi connectivity index (χ0v) is 18.1. The molecule has 1 fully saturated rings. The fourth-order valence-electron chi connectivity index (χ4n) is 3.32. The first-order valence-electron chi connectivity index (χ1n) is 7.40. The molecule has 0 amide bonds. The molecule has 2 aliphatic rings. The Morgan fingerprint density at radius 1 is 1.22 bits per heavy atom. The first-order chi connectivity index (χ1) is 10.6. The van der Waals surface area contributed by atoms with Crippen molar-refractivity contribution in [3.8, 4) is 0 Å². The molecular weight excluding hydrogens is 429 g/mol. The Bertz CT molecular complexity index is 530. The summed E-state index contributed by atoms with van der Waals surface area (Å²) in [5.74, 6) is 2.35. The van der Waals surface area contributed by atoms with Crippen molar-refractivity contribution in [3.63, 3.8) is 0 Å². The number of benzene rings is 1. The van der Waals surface area contributed by atoms with Gasteiger partial charge in [-0.15, -0.1) is 12.2 Å². The van der Waals surface area contributed by atoms with Crippen molar-refractivity contribution >= 4 is 40.2 Å². The molecular formula is C18H22BrCl2NTi-2. The summed E-state index contributed by atoms with van der Waals surface area (Å²) in [6, 6.07) is 8.24. The summed E-state index contributed by atoms with van der Waals surface area (Å²) in [5, 5.41) is 4.73. The van der Waals surface area contributed by atoms with Crippen molar-refractivity contribution in [3.05, 3.63) is 65.3 Å². The predicted octanol–water partition coefficient (Wildman–Crippen LogP) is 7.44. The van der Waals surface area contributed by atoms with E-state index >= 15 is 0 Å². The molecule has 1 aromatic rings. The van der Waals surface area contributed by atoms with E-state index in [0.29, 0.717) is 0 Å². The van der Waals surface area contributed by atoms with Crippen molar-refractivity contribution in [2.45, 2.75) is 19.8 Å². The Morgan fingerprint density at radius 3 is 2.52 bits per heavy atom. The van der Waals surface area contributed by atoms with Crippen molar-refractivity contribution in [2.24, 2.45) is 17.8 Å². The van der Waals surface area contributed by atoms with Gasteiger partial charge in [-0.2, -0.15) is 0 Å². The Hall–Kier alpha value is 0.274. The third kappa shape index (κ3) is 6.59. The van der Waals surface area contributed by atoms with Crippen molar-refractivity contribution < 1.29 is 17.0 Å². The molecule has 0 N–H and O–H groups in total. The topological polar surface area (TPSA) is 14.1 Å². The molecule has 1 nitrogen and oxygen atoms in total. The zero-order valence-electron chi connectivity index (χ0n) is 13.5. The quantitative estimate of drug-likeness (QED) is 0.335. The van der Waals surface area contributed by atoms with E-state index in [1.807, 2.05) is 0 Å². The maximum absolute atomic E-state index is 4.89. The average molecular weight is 451 g/mol. The normalized spacial score (nSPS) is 24.5. The number of rotatable bonds is 3. The third-order valence-electron chi connectivity index (χ3n) is 4.26. The molecule has 1 saturated carbocycles. The first-order valence-corrected chi connectivity index (χ1v) is 12.5. The fraction of sp³-hybridized carbons (Fsp3) is 0.389. The molecule has 0 radical (unpaired) electrons. The molecule has 0 aliphatic heterocycles. The SMILES string of the molecule is C[C@H]1CC2C=CC=C(C[N-]c3ccc(Br)cc3)C2C1.[CH3-].[Cl][Ti][Cl]. The predicted molar refractivity (Wildman–Crippen MR) is 103 cm³/mol. The number of nitrogens with zero attached hydrogens (tertiary/aromatic N) is 1. The van der Waals surface area contributed by atoms with Gasteiger partial charge in [0.1, 0.15) is 0 Å². The van der Waals surface area contributed by atoms with Crippen molar-refractivity contribution in [1.82, 2.24) is 0 Å². The van der Waals surface area contributed by atoms with Crippen LogP contribution < -0.4 is 0 Å². The Labute approximate surface area is 165 Å². The van der Waals surface area contributed by atoms with Gasteiger partial charge in [-0.1, -0.05) is 58.8 Å². The molecule has 126 valence electrons. The van der Waals surface area contributed by atoms with Crippen LogP contribution in [-0.4, -0.2) is 6.54 Å². The van der Waals surface area contributed by atoms with Gasteiger partial charge in [0.05, 0.1) is 0 Å². The second kappa shape index (κ2) is 11.0. The number of allylic oxidation sites excluding steroid dienone is 3. The standard InChI is InChI=1S/C17H19BrN.CH3.2ClH.Ti/c1-12-9-13-3-2-4-14(17(13)10-12)11-19-16-7-5-15(18)6-8-16;;;;/h2-8,12-13,17H,9-11H2,1H3;1H3;2*1H;/q2*-1;;;+2/p-2/t12-,13?,17?;;;;/m0..../s1. The molecule has 5 heteroatoms. The van der Waals surface area contributed by atoms with Gasteiger partial charge in [-0.25, -0.2) is 0 Å². The van der Waals surface area contributed by atoms with Crippen LogP contribution in [0.4, 0.5) is 5.69 Å². The van der Waals surface area contributed by atoms with Crippen LogP contribution in [0.15, 0.2) is 52.5 Å². The molecule has 2 aliphatic carbocycles. The second-order valence-corrected chi connectivity index (χ2v) is 9.33. The van der Waals surface area contributed by atoms with Gasteiger partial charge in [0.2, 0.25) is 0 Å². The average Bonchev–Trinajstić information content (AvgIpc) is 2.88. The summed E-state index contributed by atoms with van der Waals surface area (Å²) in [6.45, 7) is 3.22. The summed E-state index contributed by atoms with van der Waals surface area (Å²) in [7, 11) is 9.78. The zero-order chi connectivity index (χ0) is 15.9. The monoisotopic (exact) mass is 449 g/mol. The first kappa shape index (κ1) is 21.3. The van der Waals surface area contributed by atoms with Crippen LogP contribution in [0.1, 0.15) is 19.8 Å². The molecule has 2 unspecified atom stereocenters. The molecule has 0 saturated heterocycles. The van der Waals surface area contributed by atoms with Gasteiger partial charge in [0.15, 0.2) is 0 Å². The summed E-state index contributed by atoms with van der Waals surface area (Å²) in [5.41, 5.74) is 2.58. The molecule has 0 aromatic heterocycles. The molecule has 3 atom stereocenters. The van der Waals surface area contributed by atoms with E-state index < -0.39 is 17.0 Å².